The molecule has 0 aromatic carbocycles. The van der Waals surface area contributed by atoms with Crippen molar-refractivity contribution in [2.45, 2.75) is 0 Å². The Bertz CT molecular complexity index is 332. The Kier molecular flexibility index (Phi) is 1.45. The van der Waals surface area contributed by atoms with Crippen molar-refractivity contribution in [3.63, 3.8) is 0 Å². The molecule has 0 fully saturated rings. The van der Waals surface area contributed by atoms with Gasteiger partial charge in [-0.2, -0.15) is 0 Å². The van der Waals surface area contributed by atoms with Crippen molar-refractivity contribution in [1.82, 2.24) is 9.05 Å². The molecule has 1 aliphatic heterocycles. The van der Waals surface area contributed by atoms with Gasteiger partial charge in [0.05, 0.1) is 7.05 Å². The Morgan fingerprint density at radius 3 is 2.42 bits per heavy atom. The molecule has 0 saturated heterocycles. The van der Waals surface area contributed by atoms with E-state index in [9.17, 15) is 0 Å². The van der Waals surface area contributed by atoms with Crippen molar-refractivity contribution < 1.29 is 0 Å². The molecule has 0 aliphatic carbocycles. The molecule has 0 atom stereocenters. The monoisotopic (exact) mass is 161 g/mol. The summed E-state index contributed by atoms with van der Waals surface area (Å²) in [6.45, 7) is 0. The van der Waals surface area contributed by atoms with Gasteiger partial charge in [-0.05, 0) is 18.2 Å². The molecule has 0 radical (unpaired) electrons. The molecule has 0 spiro atoms. The van der Waals surface area contributed by atoms with Gasteiger partial charge >= 0.3 is 0 Å². The van der Waals surface area contributed by atoms with Crippen LogP contribution in [0.4, 0.5) is 5.82 Å². The summed E-state index contributed by atoms with van der Waals surface area (Å²) in [5.74, 6) is 1.28. The second-order valence-corrected chi connectivity index (χ2v) is 3.31. The molecule has 2 heteroatoms. The summed E-state index contributed by atoms with van der Waals surface area (Å²) in [6, 6.07) is 4.21. The first-order valence-electron chi connectivity index (χ1n) is 4.07. The molecule has 1 aliphatic rings. The van der Waals surface area contributed by atoms with Gasteiger partial charge in [-0.25, -0.2) is 4.48 Å². The molecule has 0 amide bonds. The average molecular weight is 161 g/mol. The number of hydrogen-bond acceptors (Lipinski definition) is 0. The van der Waals surface area contributed by atoms with Gasteiger partial charge in [0.2, 0.25) is 5.82 Å². The first-order chi connectivity index (χ1) is 5.72. The molecule has 0 bridgehead atoms. The lowest BCUT2D eigenvalue weighted by atomic mass is 10.5. The van der Waals surface area contributed by atoms with Crippen LogP contribution in [0.15, 0.2) is 42.9 Å². The molecule has 0 saturated carbocycles. The van der Waals surface area contributed by atoms with Gasteiger partial charge in [-0.3, -0.25) is 0 Å². The highest BCUT2D eigenvalue weighted by Crippen LogP contribution is 2.24. The predicted octanol–water partition coefficient (Wildman–Crippen LogP) is 2.00. The smallest absolute Gasteiger partial charge is 0.216 e. The Morgan fingerprint density at radius 1 is 1.25 bits per heavy atom. The highest BCUT2D eigenvalue weighted by molar-refractivity contribution is 5.45. The van der Waals surface area contributed by atoms with E-state index >= 15 is 0 Å². The molecule has 2 heterocycles. The Morgan fingerprint density at radius 2 is 1.92 bits per heavy atom. The Hall–Kier alpha value is -1.28. The molecule has 12 heavy (non-hydrogen) atoms. The fourth-order valence-corrected chi connectivity index (χ4v) is 1.61. The number of nitrogens with zero attached hydrogens (tertiary/aromatic N) is 2. The maximum absolute atomic E-state index is 2.16. The summed E-state index contributed by atoms with van der Waals surface area (Å²) in [5, 5.41) is 0. The van der Waals surface area contributed by atoms with E-state index < -0.39 is 0 Å². The van der Waals surface area contributed by atoms with Crippen LogP contribution in [0.2, 0.25) is 0 Å². The lowest BCUT2D eigenvalue weighted by Crippen LogP contribution is -2.32. The summed E-state index contributed by atoms with van der Waals surface area (Å²) in [6.07, 6.45) is 10.5. The van der Waals surface area contributed by atoms with Crippen LogP contribution in [0.3, 0.4) is 0 Å². The zero-order valence-corrected chi connectivity index (χ0v) is 7.44. The van der Waals surface area contributed by atoms with Crippen LogP contribution >= 0.6 is 0 Å². The van der Waals surface area contributed by atoms with Gasteiger partial charge in [0.1, 0.15) is 12.4 Å². The standard InChI is InChI=1S/C10H13N2/c1-11-7-5-6-10(11)12(2)8-3-4-9-12/h3-9H,1-2H3/q+1. The first kappa shape index (κ1) is 7.37. The van der Waals surface area contributed by atoms with E-state index in [1.165, 1.54) is 5.82 Å². The zero-order chi connectivity index (χ0) is 8.60. The van der Waals surface area contributed by atoms with Crippen molar-refractivity contribution in [3.05, 3.63) is 42.9 Å². The quantitative estimate of drug-likeness (QED) is 0.555. The molecular formula is C10H13N2+. The molecule has 0 unspecified atom stereocenters. The number of allylic oxidation sites excluding steroid dienone is 2. The maximum atomic E-state index is 2.16. The van der Waals surface area contributed by atoms with E-state index in [0.29, 0.717) is 0 Å². The molecule has 1 aromatic rings. The van der Waals surface area contributed by atoms with Crippen molar-refractivity contribution in [3.8, 4) is 0 Å². The minimum absolute atomic E-state index is 0.767. The summed E-state index contributed by atoms with van der Waals surface area (Å²) < 4.78 is 2.91. The minimum atomic E-state index is 0.767. The van der Waals surface area contributed by atoms with Gasteiger partial charge in [-0.1, -0.05) is 0 Å². The van der Waals surface area contributed by atoms with Gasteiger partial charge in [0.15, 0.2) is 0 Å². The number of aryl methyl sites for hydroxylation is 1. The van der Waals surface area contributed by atoms with Crippen LogP contribution < -0.4 is 4.48 Å². The normalized spacial score (nSPS) is 18.8. The third-order valence-corrected chi connectivity index (χ3v) is 2.31. The van der Waals surface area contributed by atoms with E-state index in [4.69, 9.17) is 0 Å². The summed E-state index contributed by atoms with van der Waals surface area (Å²) in [7, 11) is 4.23. The third-order valence-electron chi connectivity index (χ3n) is 2.31. The Labute approximate surface area is 72.6 Å². The Balaban J connectivity index is 2.49. The van der Waals surface area contributed by atoms with E-state index in [-0.39, 0.29) is 0 Å². The van der Waals surface area contributed by atoms with Crippen LogP contribution in [0, 0.1) is 0 Å². The van der Waals surface area contributed by atoms with Gasteiger partial charge in [0.25, 0.3) is 0 Å². The molecular weight excluding hydrogens is 148 g/mol. The summed E-state index contributed by atoms with van der Waals surface area (Å²) in [4.78, 5) is 0. The third kappa shape index (κ3) is 0.924. The largest absolute Gasteiger partial charge is 0.307 e. The van der Waals surface area contributed by atoms with E-state index in [0.717, 1.165) is 4.48 Å². The van der Waals surface area contributed by atoms with Gasteiger partial charge in [-0.15, -0.1) is 0 Å². The second kappa shape index (κ2) is 2.35. The fourth-order valence-electron chi connectivity index (χ4n) is 1.61. The molecule has 0 N–H and O–H groups in total. The maximum Gasteiger partial charge on any atom is 0.216 e. The lowest BCUT2D eigenvalue weighted by Gasteiger charge is -2.22. The number of aromatic nitrogens is 1. The van der Waals surface area contributed by atoms with Crippen molar-refractivity contribution in [1.29, 1.82) is 0 Å². The predicted molar refractivity (Wildman–Crippen MR) is 51.4 cm³/mol. The van der Waals surface area contributed by atoms with Crippen LogP contribution in [0.1, 0.15) is 0 Å². The van der Waals surface area contributed by atoms with Crippen LogP contribution in [-0.4, -0.2) is 11.6 Å². The topological polar surface area (TPSA) is 4.93 Å². The van der Waals surface area contributed by atoms with Crippen LogP contribution in [0.25, 0.3) is 0 Å². The van der Waals surface area contributed by atoms with E-state index in [1.807, 2.05) is 0 Å². The van der Waals surface area contributed by atoms with Gasteiger partial charge in [0, 0.05) is 19.3 Å². The first-order valence-corrected chi connectivity index (χ1v) is 4.07. The molecule has 2 rings (SSSR count). The van der Waals surface area contributed by atoms with E-state index in [2.05, 4.69) is 61.5 Å². The van der Waals surface area contributed by atoms with Crippen LogP contribution in [-0.2, 0) is 7.05 Å². The molecule has 62 valence electrons. The van der Waals surface area contributed by atoms with Crippen molar-refractivity contribution in [2.24, 2.45) is 7.05 Å². The van der Waals surface area contributed by atoms with Gasteiger partial charge < -0.3 is 4.57 Å². The molecule has 1 aromatic heterocycles. The number of hydrogen-bond donors (Lipinski definition) is 0. The number of quaternary nitrogens is 1. The fraction of sp³-hybridized carbons (Fsp3) is 0.200. The highest BCUT2D eigenvalue weighted by atomic mass is 15.4. The minimum Gasteiger partial charge on any atom is -0.307 e. The van der Waals surface area contributed by atoms with Crippen molar-refractivity contribution in [2.75, 3.05) is 7.05 Å². The van der Waals surface area contributed by atoms with E-state index in [1.54, 1.807) is 0 Å². The zero-order valence-electron chi connectivity index (χ0n) is 7.44. The average Bonchev–Trinajstić information content (AvgIpc) is 2.59. The summed E-state index contributed by atoms with van der Waals surface area (Å²) in [5.41, 5.74) is 0. The second-order valence-electron chi connectivity index (χ2n) is 3.31. The number of rotatable bonds is 1. The SMILES string of the molecule is Cn1cccc1[N+]1(C)C=CC=C1. The molecule has 2 nitrogen and oxygen atoms in total. The summed E-state index contributed by atoms with van der Waals surface area (Å²) >= 11 is 0. The highest BCUT2D eigenvalue weighted by Gasteiger charge is 2.23. The lowest BCUT2D eigenvalue weighted by molar-refractivity contribution is 0.566. The van der Waals surface area contributed by atoms with Crippen molar-refractivity contribution >= 4 is 5.82 Å². The van der Waals surface area contributed by atoms with Crippen LogP contribution in [0.5, 0.6) is 0 Å².